The van der Waals surface area contributed by atoms with Gasteiger partial charge in [0.15, 0.2) is 11.5 Å². The Bertz CT molecular complexity index is 844. The van der Waals surface area contributed by atoms with E-state index in [-0.39, 0.29) is 16.7 Å². The SMILES string of the molecule is CCN(Cc1ccc(OC)c(OC)c1)C(=O)Nc1ccc([N+](=O)[O-])cc1Cl. The molecule has 2 rings (SSSR count). The van der Waals surface area contributed by atoms with E-state index in [9.17, 15) is 14.9 Å². The Labute approximate surface area is 161 Å². The van der Waals surface area contributed by atoms with Crippen LogP contribution < -0.4 is 14.8 Å². The third-order valence-corrected chi connectivity index (χ3v) is 4.21. The van der Waals surface area contributed by atoms with Crippen LogP contribution >= 0.6 is 11.6 Å². The zero-order valence-electron chi connectivity index (χ0n) is 15.2. The van der Waals surface area contributed by atoms with Gasteiger partial charge in [-0.25, -0.2) is 4.79 Å². The molecule has 0 fully saturated rings. The second-order valence-electron chi connectivity index (χ2n) is 5.55. The van der Waals surface area contributed by atoms with Gasteiger partial charge in [0.2, 0.25) is 0 Å². The Kier molecular flexibility index (Phi) is 6.84. The molecule has 0 radical (unpaired) electrons. The van der Waals surface area contributed by atoms with Gasteiger partial charge < -0.3 is 19.7 Å². The molecule has 0 aliphatic heterocycles. The Balaban J connectivity index is 2.13. The molecule has 0 spiro atoms. The molecule has 0 saturated carbocycles. The summed E-state index contributed by atoms with van der Waals surface area (Å²) in [6.07, 6.45) is 0. The van der Waals surface area contributed by atoms with E-state index in [4.69, 9.17) is 21.1 Å². The van der Waals surface area contributed by atoms with Crippen LogP contribution in [0, 0.1) is 10.1 Å². The maximum atomic E-state index is 12.6. The highest BCUT2D eigenvalue weighted by atomic mass is 35.5. The summed E-state index contributed by atoms with van der Waals surface area (Å²) >= 11 is 6.03. The average Bonchev–Trinajstić information content (AvgIpc) is 2.67. The first-order valence-electron chi connectivity index (χ1n) is 8.10. The topological polar surface area (TPSA) is 93.9 Å². The molecule has 1 N–H and O–H groups in total. The Morgan fingerprint density at radius 2 is 1.89 bits per heavy atom. The lowest BCUT2D eigenvalue weighted by molar-refractivity contribution is -0.384. The first-order chi connectivity index (χ1) is 12.9. The molecule has 0 unspecified atom stereocenters. The molecule has 0 atom stereocenters. The fourth-order valence-corrected chi connectivity index (χ4v) is 2.66. The summed E-state index contributed by atoms with van der Waals surface area (Å²) in [6.45, 7) is 2.63. The number of non-ortho nitro benzene ring substituents is 1. The lowest BCUT2D eigenvalue weighted by atomic mass is 10.2. The predicted octanol–water partition coefficient (Wildman–Crippen LogP) is 4.32. The van der Waals surface area contributed by atoms with Gasteiger partial charge in [-0.3, -0.25) is 10.1 Å². The zero-order chi connectivity index (χ0) is 20.0. The van der Waals surface area contributed by atoms with Crippen LogP contribution in [0.1, 0.15) is 12.5 Å². The average molecular weight is 394 g/mol. The Morgan fingerprint density at radius 1 is 1.19 bits per heavy atom. The second kappa shape index (κ2) is 9.09. The number of nitrogens with zero attached hydrogens (tertiary/aromatic N) is 2. The van der Waals surface area contributed by atoms with Crippen LogP contribution in [-0.4, -0.2) is 36.6 Å². The summed E-state index contributed by atoms with van der Waals surface area (Å²) < 4.78 is 10.5. The van der Waals surface area contributed by atoms with Crippen LogP contribution in [0.2, 0.25) is 5.02 Å². The van der Waals surface area contributed by atoms with Crippen molar-refractivity contribution in [1.29, 1.82) is 0 Å². The third-order valence-electron chi connectivity index (χ3n) is 3.90. The number of rotatable bonds is 7. The highest BCUT2D eigenvalue weighted by Crippen LogP contribution is 2.29. The number of halogens is 1. The summed E-state index contributed by atoms with van der Waals surface area (Å²) in [5.74, 6) is 1.18. The number of carbonyl (C=O) groups excluding carboxylic acids is 1. The third kappa shape index (κ3) is 5.01. The number of carbonyl (C=O) groups is 1. The highest BCUT2D eigenvalue weighted by molar-refractivity contribution is 6.33. The minimum atomic E-state index is -0.549. The molecule has 144 valence electrons. The first-order valence-corrected chi connectivity index (χ1v) is 8.48. The number of urea groups is 1. The van der Waals surface area contributed by atoms with Gasteiger partial charge in [0, 0.05) is 25.2 Å². The molecule has 0 heterocycles. The number of hydrogen-bond acceptors (Lipinski definition) is 5. The molecule has 27 heavy (non-hydrogen) atoms. The van der Waals surface area contributed by atoms with Crippen molar-refractivity contribution in [2.75, 3.05) is 26.1 Å². The van der Waals surface area contributed by atoms with E-state index in [1.54, 1.807) is 31.3 Å². The van der Waals surface area contributed by atoms with Gasteiger partial charge in [-0.15, -0.1) is 0 Å². The molecule has 0 saturated heterocycles. The van der Waals surface area contributed by atoms with E-state index in [2.05, 4.69) is 5.32 Å². The fraction of sp³-hybridized carbons (Fsp3) is 0.278. The van der Waals surface area contributed by atoms with E-state index in [1.165, 1.54) is 18.2 Å². The van der Waals surface area contributed by atoms with Crippen molar-refractivity contribution in [3.63, 3.8) is 0 Å². The summed E-state index contributed by atoms with van der Waals surface area (Å²) in [5, 5.41) is 13.5. The van der Waals surface area contributed by atoms with Gasteiger partial charge in [0.05, 0.1) is 29.9 Å². The Morgan fingerprint density at radius 3 is 2.44 bits per heavy atom. The van der Waals surface area contributed by atoms with Crippen LogP contribution in [0.5, 0.6) is 11.5 Å². The molecule has 9 heteroatoms. The number of hydrogen-bond donors (Lipinski definition) is 1. The van der Waals surface area contributed by atoms with E-state index in [1.807, 2.05) is 13.0 Å². The zero-order valence-corrected chi connectivity index (χ0v) is 15.9. The Hall–Kier alpha value is -3.00. The molecular formula is C18H20ClN3O5. The lowest BCUT2D eigenvalue weighted by Gasteiger charge is -2.22. The van der Waals surface area contributed by atoms with E-state index >= 15 is 0 Å². The van der Waals surface area contributed by atoms with Crippen molar-refractivity contribution in [3.05, 3.63) is 57.1 Å². The lowest BCUT2D eigenvalue weighted by Crippen LogP contribution is -2.34. The molecule has 0 aliphatic carbocycles. The van der Waals surface area contributed by atoms with Crippen LogP contribution in [0.25, 0.3) is 0 Å². The number of benzene rings is 2. The largest absolute Gasteiger partial charge is 0.493 e. The van der Waals surface area contributed by atoms with E-state index in [0.29, 0.717) is 30.3 Å². The normalized spacial score (nSPS) is 10.2. The van der Waals surface area contributed by atoms with Gasteiger partial charge in [0.25, 0.3) is 5.69 Å². The smallest absolute Gasteiger partial charge is 0.322 e. The minimum Gasteiger partial charge on any atom is -0.493 e. The summed E-state index contributed by atoms with van der Waals surface area (Å²) in [4.78, 5) is 24.4. The second-order valence-corrected chi connectivity index (χ2v) is 5.96. The molecule has 0 aromatic heterocycles. The maximum absolute atomic E-state index is 12.6. The predicted molar refractivity (Wildman–Crippen MR) is 103 cm³/mol. The van der Waals surface area contributed by atoms with Crippen molar-refractivity contribution in [2.45, 2.75) is 13.5 Å². The van der Waals surface area contributed by atoms with Crippen molar-refractivity contribution in [2.24, 2.45) is 0 Å². The maximum Gasteiger partial charge on any atom is 0.322 e. The van der Waals surface area contributed by atoms with Gasteiger partial charge in [-0.1, -0.05) is 17.7 Å². The molecule has 2 amide bonds. The van der Waals surface area contributed by atoms with Crippen LogP contribution in [0.4, 0.5) is 16.2 Å². The monoisotopic (exact) mass is 393 g/mol. The summed E-state index contributed by atoms with van der Waals surface area (Å²) in [6, 6.07) is 8.93. The van der Waals surface area contributed by atoms with E-state index < -0.39 is 4.92 Å². The number of amides is 2. The number of nitro groups is 1. The molecule has 0 bridgehead atoms. The summed E-state index contributed by atoms with van der Waals surface area (Å²) in [5.41, 5.74) is 1.02. The van der Waals surface area contributed by atoms with Crippen LogP contribution in [0.15, 0.2) is 36.4 Å². The van der Waals surface area contributed by atoms with E-state index in [0.717, 1.165) is 5.56 Å². The molecular weight excluding hydrogens is 374 g/mol. The molecule has 2 aromatic rings. The quantitative estimate of drug-likeness (QED) is 0.558. The van der Waals surface area contributed by atoms with Crippen molar-refractivity contribution >= 4 is 29.0 Å². The number of nitrogens with one attached hydrogen (secondary N) is 1. The van der Waals surface area contributed by atoms with Gasteiger partial charge in [0.1, 0.15) is 0 Å². The number of methoxy groups -OCH3 is 2. The minimum absolute atomic E-state index is 0.0970. The van der Waals surface area contributed by atoms with Crippen molar-refractivity contribution < 1.29 is 19.2 Å². The van der Waals surface area contributed by atoms with Crippen LogP contribution in [0.3, 0.4) is 0 Å². The standard InChI is InChI=1S/C18H20ClN3O5/c1-4-21(11-12-5-8-16(26-2)17(9-12)27-3)18(23)20-15-7-6-13(22(24)25)10-14(15)19/h5-10H,4,11H2,1-3H3,(H,20,23). The molecule has 0 aliphatic rings. The van der Waals surface area contributed by atoms with Crippen molar-refractivity contribution in [3.8, 4) is 11.5 Å². The summed E-state index contributed by atoms with van der Waals surface area (Å²) in [7, 11) is 3.10. The van der Waals surface area contributed by atoms with Crippen LogP contribution in [-0.2, 0) is 6.54 Å². The highest BCUT2D eigenvalue weighted by Gasteiger charge is 2.16. The van der Waals surface area contributed by atoms with Gasteiger partial charge in [-0.2, -0.15) is 0 Å². The van der Waals surface area contributed by atoms with Gasteiger partial charge in [-0.05, 0) is 30.7 Å². The fourth-order valence-electron chi connectivity index (χ4n) is 2.44. The molecule has 8 nitrogen and oxygen atoms in total. The number of ether oxygens (including phenoxy) is 2. The molecule has 2 aromatic carbocycles. The number of nitro benzene ring substituents is 1. The number of anilines is 1. The first kappa shape index (κ1) is 20.3. The van der Waals surface area contributed by atoms with Gasteiger partial charge >= 0.3 is 6.03 Å². The van der Waals surface area contributed by atoms with Crippen molar-refractivity contribution in [1.82, 2.24) is 4.90 Å².